The van der Waals surface area contributed by atoms with E-state index in [2.05, 4.69) is 37.6 Å². The van der Waals surface area contributed by atoms with Gasteiger partial charge in [-0.2, -0.15) is 0 Å². The van der Waals surface area contributed by atoms with Crippen LogP contribution in [0.5, 0.6) is 5.75 Å². The second-order valence-electron chi connectivity index (χ2n) is 13.8. The molecule has 0 aliphatic heterocycles. The number of pyridine rings is 1. The number of aryl methyl sites for hydroxylation is 1. The fourth-order valence-electron chi connectivity index (χ4n) is 5.97. The summed E-state index contributed by atoms with van der Waals surface area (Å²) in [6.07, 6.45) is 2.98. The summed E-state index contributed by atoms with van der Waals surface area (Å²) in [5.74, 6) is -3.26. The number of carbonyl (C=O) groups excluding carboxylic acids is 2. The van der Waals surface area contributed by atoms with Gasteiger partial charge in [-0.05, 0) is 115 Å². The molecule has 0 amide bonds. The molecule has 1 heterocycles. The van der Waals surface area contributed by atoms with E-state index in [4.69, 9.17) is 9.47 Å². The van der Waals surface area contributed by atoms with Gasteiger partial charge in [-0.15, -0.1) is 0 Å². The van der Waals surface area contributed by atoms with Gasteiger partial charge in [0.05, 0.1) is 17.7 Å². The third kappa shape index (κ3) is 8.34. The van der Waals surface area contributed by atoms with Crippen LogP contribution < -0.4 is 4.74 Å². The zero-order valence-corrected chi connectivity index (χ0v) is 27.9. The molecular weight excluding hydrogens is 574 g/mol. The summed E-state index contributed by atoms with van der Waals surface area (Å²) in [6, 6.07) is 11.8. The van der Waals surface area contributed by atoms with Crippen molar-refractivity contribution in [2.75, 3.05) is 0 Å². The van der Waals surface area contributed by atoms with Gasteiger partial charge in [-0.1, -0.05) is 25.1 Å². The number of benzene rings is 2. The largest absolute Gasteiger partial charge is 0.460 e. The molecule has 1 aliphatic rings. The van der Waals surface area contributed by atoms with Crippen molar-refractivity contribution in [1.29, 1.82) is 0 Å². The van der Waals surface area contributed by atoms with Crippen LogP contribution in [0, 0.1) is 30.4 Å². The molecule has 4 rings (SSSR count). The van der Waals surface area contributed by atoms with Gasteiger partial charge in [0, 0.05) is 35.8 Å². The molecule has 1 fully saturated rings. The van der Waals surface area contributed by atoms with Crippen LogP contribution in [-0.2, 0) is 16.1 Å². The van der Waals surface area contributed by atoms with Crippen LogP contribution in [0.3, 0.4) is 0 Å². The quantitative estimate of drug-likeness (QED) is 0.158. The van der Waals surface area contributed by atoms with E-state index in [1.54, 1.807) is 71.0 Å². The predicted octanol–water partition coefficient (Wildman–Crippen LogP) is 8.64. The number of hydrogen-bond donors (Lipinski definition) is 0. The van der Waals surface area contributed by atoms with Crippen molar-refractivity contribution in [3.8, 4) is 16.9 Å². The first-order valence-corrected chi connectivity index (χ1v) is 15.8. The number of carbonyl (C=O) groups is 2. The van der Waals surface area contributed by atoms with Crippen molar-refractivity contribution in [3.63, 3.8) is 0 Å². The molecule has 3 aromatic rings. The summed E-state index contributed by atoms with van der Waals surface area (Å²) < 4.78 is 42.3. The lowest BCUT2D eigenvalue weighted by atomic mass is 9.82. The van der Waals surface area contributed by atoms with Crippen molar-refractivity contribution in [2.45, 2.75) is 105 Å². The summed E-state index contributed by atoms with van der Waals surface area (Å²) in [7, 11) is 0. The van der Waals surface area contributed by atoms with Gasteiger partial charge in [0.1, 0.15) is 11.4 Å². The predicted molar refractivity (Wildman–Crippen MR) is 172 cm³/mol. The summed E-state index contributed by atoms with van der Waals surface area (Å²) in [6.45, 7) is 17.8. The van der Waals surface area contributed by atoms with Crippen LogP contribution in [0.15, 0.2) is 48.7 Å². The summed E-state index contributed by atoms with van der Waals surface area (Å²) in [5, 5.41) is 0. The van der Waals surface area contributed by atoms with Gasteiger partial charge in [0.2, 0.25) is 0 Å². The van der Waals surface area contributed by atoms with Crippen LogP contribution in [0.1, 0.15) is 101 Å². The van der Waals surface area contributed by atoms with E-state index in [-0.39, 0.29) is 35.3 Å². The van der Waals surface area contributed by atoms with E-state index in [1.165, 1.54) is 12.3 Å². The summed E-state index contributed by atoms with van der Waals surface area (Å²) in [5.41, 5.74) is 2.36. The molecule has 242 valence electrons. The number of ether oxygens (including phenoxy) is 2. The first-order valence-electron chi connectivity index (χ1n) is 15.8. The molecule has 0 bridgehead atoms. The normalized spacial score (nSPS) is 15.0. The highest BCUT2D eigenvalue weighted by Crippen LogP contribution is 2.48. The summed E-state index contributed by atoms with van der Waals surface area (Å²) >= 11 is 0. The Morgan fingerprint density at radius 3 is 2.24 bits per heavy atom. The first-order chi connectivity index (χ1) is 21.1. The van der Waals surface area contributed by atoms with Gasteiger partial charge >= 0.3 is 11.9 Å². The van der Waals surface area contributed by atoms with Crippen molar-refractivity contribution < 1.29 is 27.8 Å². The smallest absolute Gasteiger partial charge is 0.343 e. The number of esters is 2. The van der Waals surface area contributed by atoms with E-state index in [0.29, 0.717) is 28.9 Å². The molecule has 0 spiro atoms. The minimum absolute atomic E-state index is 0.144. The Morgan fingerprint density at radius 2 is 1.64 bits per heavy atom. The zero-order chi connectivity index (χ0) is 33.2. The van der Waals surface area contributed by atoms with Crippen LogP contribution in [0.2, 0.25) is 0 Å². The lowest BCUT2D eigenvalue weighted by Crippen LogP contribution is -2.36. The standard InChI is InChI=1S/C37H46F2N2O4/c1-21(2)41(22(3)4)20-27-18-26(15-16-28(27)30-17-23(5)40-19-31(30)38)36(43)44-32-12-10-11-29(34(32)39)33(25-13-14-25)24(6)35(42)45-37(7,8)9/h10-12,15-19,21-22,24-25,33H,13-14,20H2,1-9H3/t24-,33-/m0/s1. The molecule has 0 radical (unpaired) electrons. The van der Waals surface area contributed by atoms with Gasteiger partial charge in [-0.3, -0.25) is 14.7 Å². The topological polar surface area (TPSA) is 68.7 Å². The Bertz CT molecular complexity index is 1530. The van der Waals surface area contributed by atoms with Crippen LogP contribution in [-0.4, -0.2) is 39.5 Å². The maximum Gasteiger partial charge on any atom is 0.343 e. The average molecular weight is 621 g/mol. The fraction of sp³-hybridized carbons (Fsp3) is 0.486. The molecule has 0 N–H and O–H groups in total. The molecule has 45 heavy (non-hydrogen) atoms. The molecule has 6 nitrogen and oxygen atoms in total. The third-order valence-corrected chi connectivity index (χ3v) is 8.30. The lowest BCUT2D eigenvalue weighted by molar-refractivity contribution is -0.160. The Kier molecular flexibility index (Phi) is 10.5. The van der Waals surface area contributed by atoms with E-state index < -0.39 is 35.0 Å². The van der Waals surface area contributed by atoms with Gasteiger partial charge < -0.3 is 9.47 Å². The van der Waals surface area contributed by atoms with Crippen molar-refractivity contribution in [3.05, 3.63) is 82.7 Å². The minimum atomic E-state index is -0.728. The van der Waals surface area contributed by atoms with Gasteiger partial charge in [0.15, 0.2) is 11.6 Å². The van der Waals surface area contributed by atoms with Crippen molar-refractivity contribution >= 4 is 11.9 Å². The Morgan fingerprint density at radius 1 is 0.978 bits per heavy atom. The monoisotopic (exact) mass is 620 g/mol. The fourth-order valence-corrected chi connectivity index (χ4v) is 5.97. The molecule has 2 aromatic carbocycles. The molecule has 2 atom stereocenters. The van der Waals surface area contributed by atoms with Gasteiger partial charge in [0.25, 0.3) is 0 Å². The second kappa shape index (κ2) is 13.8. The SMILES string of the molecule is Cc1cc(-c2ccc(C(=O)Oc3cccc([C@H](C4CC4)[C@H](C)C(=O)OC(C)(C)C)c3F)cc2CN(C(C)C)C(C)C)c(F)cn1. The minimum Gasteiger partial charge on any atom is -0.460 e. The van der Waals surface area contributed by atoms with Crippen LogP contribution in [0.25, 0.3) is 11.1 Å². The number of nitrogens with zero attached hydrogens (tertiary/aromatic N) is 2. The number of hydrogen-bond acceptors (Lipinski definition) is 6. The molecule has 1 saturated carbocycles. The summed E-state index contributed by atoms with van der Waals surface area (Å²) in [4.78, 5) is 32.8. The Labute approximate surface area is 266 Å². The van der Waals surface area contributed by atoms with E-state index in [1.807, 2.05) is 0 Å². The van der Waals surface area contributed by atoms with Crippen LogP contribution in [0.4, 0.5) is 8.78 Å². The highest BCUT2D eigenvalue weighted by atomic mass is 19.1. The van der Waals surface area contributed by atoms with Crippen LogP contribution >= 0.6 is 0 Å². The molecule has 1 aliphatic carbocycles. The van der Waals surface area contributed by atoms with E-state index in [9.17, 15) is 14.0 Å². The Hall–Kier alpha value is -3.65. The van der Waals surface area contributed by atoms with Gasteiger partial charge in [-0.25, -0.2) is 13.6 Å². The highest BCUT2D eigenvalue weighted by Gasteiger charge is 2.42. The van der Waals surface area contributed by atoms with Crippen molar-refractivity contribution in [2.24, 2.45) is 11.8 Å². The molecule has 1 aromatic heterocycles. The maximum absolute atomic E-state index is 16.1. The lowest BCUT2D eigenvalue weighted by Gasteiger charge is -2.31. The Balaban J connectivity index is 1.67. The average Bonchev–Trinajstić information content (AvgIpc) is 3.79. The molecular formula is C37H46F2N2O4. The zero-order valence-electron chi connectivity index (χ0n) is 27.9. The number of halogens is 2. The first kappa shape index (κ1) is 34.2. The molecule has 8 heteroatoms. The number of rotatable bonds is 11. The van der Waals surface area contributed by atoms with E-state index in [0.717, 1.165) is 18.4 Å². The maximum atomic E-state index is 16.1. The molecule has 0 unspecified atom stereocenters. The number of aromatic nitrogens is 1. The third-order valence-electron chi connectivity index (χ3n) is 8.30. The highest BCUT2D eigenvalue weighted by molar-refractivity contribution is 5.92. The van der Waals surface area contributed by atoms with E-state index >= 15 is 4.39 Å². The van der Waals surface area contributed by atoms with Crippen molar-refractivity contribution in [1.82, 2.24) is 9.88 Å². The molecule has 0 saturated heterocycles. The second-order valence-corrected chi connectivity index (χ2v) is 13.8.